The lowest BCUT2D eigenvalue weighted by molar-refractivity contribution is 0.294. The number of hydrogen-bond donors (Lipinski definition) is 1. The number of nitrogens with zero attached hydrogens (tertiary/aromatic N) is 1. The zero-order valence-corrected chi connectivity index (χ0v) is 12.3. The van der Waals surface area contributed by atoms with Gasteiger partial charge in [-0.3, -0.25) is 4.98 Å². The molecule has 1 aromatic heterocycles. The molecule has 0 unspecified atom stereocenters. The third-order valence-corrected chi connectivity index (χ3v) is 3.82. The van der Waals surface area contributed by atoms with Gasteiger partial charge in [-0.25, -0.2) is 0 Å². The molecule has 1 fully saturated rings. The molecule has 0 radical (unpaired) electrons. The summed E-state index contributed by atoms with van der Waals surface area (Å²) in [6, 6.07) is 1.94. The Kier molecular flexibility index (Phi) is 5.94. The molecule has 0 atom stereocenters. The number of halogens is 1. The minimum atomic E-state index is 0.699. The third kappa shape index (κ3) is 4.94. The fraction of sp³-hybridized carbons (Fsp3) is 0.643. The highest BCUT2D eigenvalue weighted by molar-refractivity contribution is 9.10. The number of ether oxygens (including phenoxy) is 1. The normalized spacial score (nSPS) is 16.7. The van der Waals surface area contributed by atoms with Gasteiger partial charge in [0, 0.05) is 17.2 Å². The van der Waals surface area contributed by atoms with Gasteiger partial charge in [-0.1, -0.05) is 19.3 Å². The topological polar surface area (TPSA) is 34.1 Å². The van der Waals surface area contributed by atoms with Crippen molar-refractivity contribution in [1.29, 1.82) is 0 Å². The highest BCUT2D eigenvalue weighted by Crippen LogP contribution is 2.22. The largest absolute Gasteiger partial charge is 0.491 e. The minimum absolute atomic E-state index is 0.699. The molecular weight excluding hydrogens is 292 g/mol. The van der Waals surface area contributed by atoms with Crippen molar-refractivity contribution in [1.82, 2.24) is 10.3 Å². The maximum absolute atomic E-state index is 5.62. The summed E-state index contributed by atoms with van der Waals surface area (Å²) >= 11 is 3.38. The molecule has 1 aromatic rings. The first-order chi connectivity index (χ1) is 8.84. The van der Waals surface area contributed by atoms with Gasteiger partial charge in [-0.15, -0.1) is 0 Å². The lowest BCUT2D eigenvalue weighted by Crippen LogP contribution is -2.28. The van der Waals surface area contributed by atoms with Gasteiger partial charge in [-0.05, 0) is 47.3 Å². The Morgan fingerprint density at radius 1 is 1.28 bits per heavy atom. The summed E-state index contributed by atoms with van der Waals surface area (Å²) in [5, 5.41) is 3.48. The maximum atomic E-state index is 5.62. The van der Waals surface area contributed by atoms with E-state index in [-0.39, 0.29) is 0 Å². The smallest absolute Gasteiger partial charge is 0.138 e. The van der Waals surface area contributed by atoms with Crippen LogP contribution in [0.4, 0.5) is 0 Å². The second kappa shape index (κ2) is 7.74. The first-order valence-electron chi connectivity index (χ1n) is 6.78. The molecule has 0 aliphatic heterocycles. The quantitative estimate of drug-likeness (QED) is 0.818. The monoisotopic (exact) mass is 312 g/mol. The van der Waals surface area contributed by atoms with E-state index in [0.29, 0.717) is 6.61 Å². The Bertz CT molecular complexity index is 353. The van der Waals surface area contributed by atoms with Gasteiger partial charge >= 0.3 is 0 Å². The Balaban J connectivity index is 1.55. The van der Waals surface area contributed by atoms with Gasteiger partial charge in [-0.2, -0.15) is 0 Å². The summed E-state index contributed by atoms with van der Waals surface area (Å²) in [6.45, 7) is 2.74. The van der Waals surface area contributed by atoms with Gasteiger partial charge < -0.3 is 10.1 Å². The van der Waals surface area contributed by atoms with Crippen molar-refractivity contribution in [3.05, 3.63) is 22.9 Å². The molecule has 1 aliphatic carbocycles. The maximum Gasteiger partial charge on any atom is 0.138 e. The van der Waals surface area contributed by atoms with Gasteiger partial charge in [0.2, 0.25) is 0 Å². The number of aromatic nitrogens is 1. The Morgan fingerprint density at radius 2 is 2.11 bits per heavy atom. The van der Waals surface area contributed by atoms with Crippen molar-refractivity contribution >= 4 is 15.9 Å². The van der Waals surface area contributed by atoms with Crippen LogP contribution in [-0.4, -0.2) is 24.7 Å². The highest BCUT2D eigenvalue weighted by Gasteiger charge is 2.12. The van der Waals surface area contributed by atoms with Crippen LogP contribution >= 0.6 is 15.9 Å². The lowest BCUT2D eigenvalue weighted by Gasteiger charge is -2.21. The molecule has 4 heteroatoms. The van der Waals surface area contributed by atoms with Crippen LogP contribution in [0.5, 0.6) is 5.75 Å². The van der Waals surface area contributed by atoms with Crippen LogP contribution in [0.25, 0.3) is 0 Å². The molecule has 0 amide bonds. The van der Waals surface area contributed by atoms with E-state index in [1.54, 1.807) is 12.4 Å². The van der Waals surface area contributed by atoms with Crippen molar-refractivity contribution in [2.45, 2.75) is 32.1 Å². The fourth-order valence-electron chi connectivity index (χ4n) is 2.41. The molecular formula is C14H21BrN2O. The van der Waals surface area contributed by atoms with Crippen molar-refractivity contribution in [3.8, 4) is 5.75 Å². The molecule has 1 heterocycles. The molecule has 1 saturated carbocycles. The van der Waals surface area contributed by atoms with E-state index < -0.39 is 0 Å². The Hall–Kier alpha value is -0.610. The summed E-state index contributed by atoms with van der Waals surface area (Å²) in [6.07, 6.45) is 10.5. The SMILES string of the molecule is Brc1cncc(OCCNCC2CCCCC2)c1. The van der Waals surface area contributed by atoms with Gasteiger partial charge in [0.15, 0.2) is 0 Å². The molecule has 18 heavy (non-hydrogen) atoms. The van der Waals surface area contributed by atoms with E-state index >= 15 is 0 Å². The minimum Gasteiger partial charge on any atom is -0.491 e. The first-order valence-corrected chi connectivity index (χ1v) is 7.58. The number of pyridine rings is 1. The van der Waals surface area contributed by atoms with Crippen molar-refractivity contribution in [2.75, 3.05) is 19.7 Å². The summed E-state index contributed by atoms with van der Waals surface area (Å²) < 4.78 is 6.58. The molecule has 1 aliphatic rings. The zero-order chi connectivity index (χ0) is 12.6. The second-order valence-corrected chi connectivity index (χ2v) is 5.81. The van der Waals surface area contributed by atoms with E-state index in [9.17, 15) is 0 Å². The van der Waals surface area contributed by atoms with Crippen LogP contribution in [0.1, 0.15) is 32.1 Å². The fourth-order valence-corrected chi connectivity index (χ4v) is 2.75. The molecule has 3 nitrogen and oxygen atoms in total. The average Bonchev–Trinajstić information content (AvgIpc) is 2.40. The van der Waals surface area contributed by atoms with E-state index in [2.05, 4.69) is 26.2 Å². The van der Waals surface area contributed by atoms with Crippen LogP contribution < -0.4 is 10.1 Å². The standard InChI is InChI=1S/C14H21BrN2O/c15-13-8-14(11-17-10-13)18-7-6-16-9-12-4-2-1-3-5-12/h8,10-12,16H,1-7,9H2. The number of hydrogen-bond acceptors (Lipinski definition) is 3. The second-order valence-electron chi connectivity index (χ2n) is 4.90. The van der Waals surface area contributed by atoms with Gasteiger partial charge in [0.05, 0.1) is 6.20 Å². The van der Waals surface area contributed by atoms with Crippen LogP contribution in [0.15, 0.2) is 22.9 Å². The highest BCUT2D eigenvalue weighted by atomic mass is 79.9. The van der Waals surface area contributed by atoms with E-state index in [0.717, 1.165) is 29.2 Å². The van der Waals surface area contributed by atoms with E-state index in [4.69, 9.17) is 4.74 Å². The van der Waals surface area contributed by atoms with Crippen molar-refractivity contribution in [3.63, 3.8) is 0 Å². The lowest BCUT2D eigenvalue weighted by atomic mass is 9.89. The summed E-state index contributed by atoms with van der Waals surface area (Å²) in [5.74, 6) is 1.70. The van der Waals surface area contributed by atoms with Crippen molar-refractivity contribution in [2.24, 2.45) is 5.92 Å². The summed E-state index contributed by atoms with van der Waals surface area (Å²) in [5.41, 5.74) is 0. The molecule has 1 N–H and O–H groups in total. The van der Waals surface area contributed by atoms with Crippen LogP contribution in [0.3, 0.4) is 0 Å². The predicted molar refractivity (Wildman–Crippen MR) is 76.9 cm³/mol. The third-order valence-electron chi connectivity index (χ3n) is 3.39. The van der Waals surface area contributed by atoms with Crippen LogP contribution in [0, 0.1) is 5.92 Å². The zero-order valence-electron chi connectivity index (χ0n) is 10.7. The molecule has 0 bridgehead atoms. The molecule has 0 spiro atoms. The molecule has 2 rings (SSSR count). The van der Waals surface area contributed by atoms with Gasteiger partial charge in [0.25, 0.3) is 0 Å². The van der Waals surface area contributed by atoms with Crippen molar-refractivity contribution < 1.29 is 4.74 Å². The van der Waals surface area contributed by atoms with Crippen LogP contribution in [0.2, 0.25) is 0 Å². The molecule has 0 saturated heterocycles. The number of nitrogens with one attached hydrogen (secondary N) is 1. The van der Waals surface area contributed by atoms with Crippen LogP contribution in [-0.2, 0) is 0 Å². The molecule has 100 valence electrons. The Labute approximate surface area is 117 Å². The first kappa shape index (κ1) is 13.8. The molecule has 0 aromatic carbocycles. The Morgan fingerprint density at radius 3 is 2.89 bits per heavy atom. The van der Waals surface area contributed by atoms with E-state index in [1.807, 2.05) is 6.07 Å². The summed E-state index contributed by atoms with van der Waals surface area (Å²) in [4.78, 5) is 4.06. The predicted octanol–water partition coefficient (Wildman–Crippen LogP) is 3.39. The van der Waals surface area contributed by atoms with E-state index in [1.165, 1.54) is 32.1 Å². The summed E-state index contributed by atoms with van der Waals surface area (Å²) in [7, 11) is 0. The van der Waals surface area contributed by atoms with Gasteiger partial charge in [0.1, 0.15) is 12.4 Å². The average molecular weight is 313 g/mol. The number of rotatable bonds is 6.